The van der Waals surface area contributed by atoms with Gasteiger partial charge in [-0.15, -0.1) is 0 Å². The van der Waals surface area contributed by atoms with Crippen molar-refractivity contribution < 1.29 is 0 Å². The fourth-order valence-electron chi connectivity index (χ4n) is 1.81. The molecule has 0 radical (unpaired) electrons. The molecule has 2 aromatic rings. The molecule has 4 heteroatoms. The Morgan fingerprint density at radius 2 is 1.88 bits per heavy atom. The van der Waals surface area contributed by atoms with Gasteiger partial charge in [0.1, 0.15) is 0 Å². The van der Waals surface area contributed by atoms with E-state index in [9.17, 15) is 0 Å². The van der Waals surface area contributed by atoms with E-state index < -0.39 is 0 Å². The summed E-state index contributed by atoms with van der Waals surface area (Å²) in [5.41, 5.74) is 10.1. The van der Waals surface area contributed by atoms with E-state index in [0.717, 1.165) is 43.2 Å². The molecule has 16 heavy (non-hydrogen) atoms. The third kappa shape index (κ3) is 1.74. The van der Waals surface area contributed by atoms with E-state index in [4.69, 9.17) is 5.73 Å². The Kier molecular flexibility index (Phi) is 3.22. The zero-order valence-electron chi connectivity index (χ0n) is 9.14. The van der Waals surface area contributed by atoms with Crippen molar-refractivity contribution in [3.05, 3.63) is 32.3 Å². The molecule has 0 spiro atoms. The average Bonchev–Trinajstić information content (AvgIpc) is 2.27. The highest BCUT2D eigenvalue weighted by molar-refractivity contribution is 9.11. The van der Waals surface area contributed by atoms with Crippen molar-refractivity contribution in [1.82, 2.24) is 4.98 Å². The predicted molar refractivity (Wildman–Crippen MR) is 75.7 cm³/mol. The smallest absolute Gasteiger partial charge is 0.0879 e. The van der Waals surface area contributed by atoms with Crippen LogP contribution in [0.2, 0.25) is 0 Å². The normalized spacial score (nSPS) is 11.0. The highest BCUT2D eigenvalue weighted by Gasteiger charge is 2.12. The minimum Gasteiger partial charge on any atom is -0.398 e. The topological polar surface area (TPSA) is 38.9 Å². The van der Waals surface area contributed by atoms with Crippen LogP contribution in [-0.4, -0.2) is 4.98 Å². The summed E-state index contributed by atoms with van der Waals surface area (Å²) in [6, 6.07) is 3.96. The van der Waals surface area contributed by atoms with E-state index in [1.165, 1.54) is 0 Å². The van der Waals surface area contributed by atoms with Crippen LogP contribution in [0.3, 0.4) is 0 Å². The average molecular weight is 344 g/mol. The lowest BCUT2D eigenvalue weighted by Gasteiger charge is -2.12. The van der Waals surface area contributed by atoms with Gasteiger partial charge in [-0.3, -0.25) is 4.98 Å². The van der Waals surface area contributed by atoms with Gasteiger partial charge < -0.3 is 5.73 Å². The molecule has 1 heterocycles. The van der Waals surface area contributed by atoms with Crippen LogP contribution < -0.4 is 5.73 Å². The number of hydrogen-bond donors (Lipinski definition) is 1. The Labute approximate surface area is 112 Å². The van der Waals surface area contributed by atoms with Gasteiger partial charge in [0, 0.05) is 25.7 Å². The van der Waals surface area contributed by atoms with Crippen molar-refractivity contribution in [1.29, 1.82) is 0 Å². The molecule has 0 bridgehead atoms. The van der Waals surface area contributed by atoms with Crippen LogP contribution in [-0.2, 0) is 6.42 Å². The monoisotopic (exact) mass is 342 g/mol. The maximum atomic E-state index is 6.17. The molecule has 1 aromatic carbocycles. The first-order valence-corrected chi connectivity index (χ1v) is 6.67. The fourth-order valence-corrected chi connectivity index (χ4v) is 2.77. The molecule has 0 saturated heterocycles. The van der Waals surface area contributed by atoms with Gasteiger partial charge in [-0.1, -0.05) is 22.9 Å². The van der Waals surface area contributed by atoms with Crippen LogP contribution in [0.15, 0.2) is 21.1 Å². The Hall–Kier alpha value is -0.610. The van der Waals surface area contributed by atoms with Crippen LogP contribution >= 0.6 is 31.9 Å². The van der Waals surface area contributed by atoms with Gasteiger partial charge >= 0.3 is 0 Å². The van der Waals surface area contributed by atoms with E-state index in [1.54, 1.807) is 0 Å². The molecule has 2 N–H and O–H groups in total. The quantitative estimate of drug-likeness (QED) is 0.842. The van der Waals surface area contributed by atoms with Crippen LogP contribution in [0.1, 0.15) is 18.2 Å². The number of aryl methyl sites for hydroxylation is 1. The molecule has 2 rings (SSSR count). The van der Waals surface area contributed by atoms with E-state index in [2.05, 4.69) is 43.8 Å². The number of anilines is 1. The van der Waals surface area contributed by atoms with Gasteiger partial charge in [-0.25, -0.2) is 0 Å². The minimum absolute atomic E-state index is 0.815. The lowest BCUT2D eigenvalue weighted by molar-refractivity contribution is 1.03. The van der Waals surface area contributed by atoms with Crippen molar-refractivity contribution in [3.8, 4) is 0 Å². The first-order valence-electron chi connectivity index (χ1n) is 5.09. The molecular formula is C12H12Br2N2. The summed E-state index contributed by atoms with van der Waals surface area (Å²) in [5, 5.41) is 0.990. The van der Waals surface area contributed by atoms with Crippen molar-refractivity contribution in [2.45, 2.75) is 20.3 Å². The van der Waals surface area contributed by atoms with Crippen molar-refractivity contribution in [3.63, 3.8) is 0 Å². The van der Waals surface area contributed by atoms with Crippen molar-refractivity contribution in [2.75, 3.05) is 5.73 Å². The molecule has 2 nitrogen and oxygen atoms in total. The molecule has 0 fully saturated rings. The van der Waals surface area contributed by atoms with E-state index >= 15 is 0 Å². The third-order valence-electron chi connectivity index (χ3n) is 2.77. The number of benzene rings is 1. The van der Waals surface area contributed by atoms with Gasteiger partial charge in [-0.2, -0.15) is 0 Å². The molecule has 0 amide bonds. The molecular weight excluding hydrogens is 332 g/mol. The second-order valence-electron chi connectivity index (χ2n) is 3.70. The first-order chi connectivity index (χ1) is 7.56. The Morgan fingerprint density at radius 3 is 2.50 bits per heavy atom. The van der Waals surface area contributed by atoms with Gasteiger partial charge in [0.25, 0.3) is 0 Å². The number of pyridine rings is 1. The van der Waals surface area contributed by atoms with Gasteiger partial charge in [0.15, 0.2) is 0 Å². The number of aromatic nitrogens is 1. The van der Waals surface area contributed by atoms with Gasteiger partial charge in [0.2, 0.25) is 0 Å². The summed E-state index contributed by atoms with van der Waals surface area (Å²) in [4.78, 5) is 4.66. The number of halogens is 2. The van der Waals surface area contributed by atoms with Crippen LogP contribution in [0.4, 0.5) is 5.69 Å². The largest absolute Gasteiger partial charge is 0.398 e. The van der Waals surface area contributed by atoms with Crippen LogP contribution in [0.5, 0.6) is 0 Å². The highest BCUT2D eigenvalue weighted by Crippen LogP contribution is 2.35. The zero-order valence-corrected chi connectivity index (χ0v) is 12.3. The molecule has 0 aliphatic rings. The third-order valence-corrected chi connectivity index (χ3v) is 4.07. The van der Waals surface area contributed by atoms with E-state index in [0.29, 0.717) is 0 Å². The maximum absolute atomic E-state index is 6.17. The molecule has 0 saturated carbocycles. The summed E-state index contributed by atoms with van der Waals surface area (Å²) in [7, 11) is 0. The highest BCUT2D eigenvalue weighted by atomic mass is 79.9. The lowest BCUT2D eigenvalue weighted by atomic mass is 10.1. The van der Waals surface area contributed by atoms with Crippen molar-refractivity contribution in [2.24, 2.45) is 0 Å². The SMILES string of the molecule is CCc1nc2c(Br)ccc(Br)c2c(N)c1C. The Balaban J connectivity index is 2.97. The summed E-state index contributed by atoms with van der Waals surface area (Å²) < 4.78 is 1.97. The zero-order chi connectivity index (χ0) is 11.9. The van der Waals surface area contributed by atoms with Crippen molar-refractivity contribution >= 4 is 48.5 Å². The lowest BCUT2D eigenvalue weighted by Crippen LogP contribution is -2.01. The Bertz CT molecular complexity index is 565. The maximum Gasteiger partial charge on any atom is 0.0879 e. The first kappa shape index (κ1) is 11.9. The summed E-state index contributed by atoms with van der Waals surface area (Å²) in [6.45, 7) is 4.11. The number of fused-ring (bicyclic) bond motifs is 1. The number of hydrogen-bond acceptors (Lipinski definition) is 2. The molecule has 84 valence electrons. The minimum atomic E-state index is 0.815. The standard InChI is InChI=1S/C12H12Br2N2/c1-3-9-6(2)11(15)10-7(13)4-5-8(14)12(10)16-9/h4-5H,3H2,1-2H3,(H2,15,16). The predicted octanol–water partition coefficient (Wildman–Crippen LogP) is 4.21. The molecule has 0 aliphatic carbocycles. The second-order valence-corrected chi connectivity index (χ2v) is 5.41. The number of rotatable bonds is 1. The fraction of sp³-hybridized carbons (Fsp3) is 0.250. The summed E-state index contributed by atoms with van der Waals surface area (Å²) >= 11 is 7.04. The number of nitrogens with zero attached hydrogens (tertiary/aromatic N) is 1. The molecule has 0 atom stereocenters. The molecule has 1 aromatic heterocycles. The van der Waals surface area contributed by atoms with Gasteiger partial charge in [0.05, 0.1) is 5.52 Å². The molecule has 0 unspecified atom stereocenters. The van der Waals surface area contributed by atoms with Crippen LogP contribution in [0, 0.1) is 6.92 Å². The van der Waals surface area contributed by atoms with Gasteiger partial charge in [-0.05, 0) is 47.0 Å². The van der Waals surface area contributed by atoms with Crippen LogP contribution in [0.25, 0.3) is 10.9 Å². The van der Waals surface area contributed by atoms with E-state index in [-0.39, 0.29) is 0 Å². The summed E-state index contributed by atoms with van der Waals surface area (Å²) in [6.07, 6.45) is 0.894. The Morgan fingerprint density at radius 1 is 1.25 bits per heavy atom. The number of nitrogen functional groups attached to an aromatic ring is 1. The molecule has 0 aliphatic heterocycles. The van der Waals surface area contributed by atoms with E-state index in [1.807, 2.05) is 19.1 Å². The second kappa shape index (κ2) is 4.34. The summed E-state index contributed by atoms with van der Waals surface area (Å²) in [5.74, 6) is 0. The number of nitrogens with two attached hydrogens (primary N) is 1.